The Balaban J connectivity index is 0.000000261. The lowest BCUT2D eigenvalue weighted by Gasteiger charge is -2.18. The third-order valence-corrected chi connectivity index (χ3v) is 2.83. The van der Waals surface area contributed by atoms with Crippen molar-refractivity contribution in [2.75, 3.05) is 6.54 Å². The zero-order chi connectivity index (χ0) is 17.0. The van der Waals surface area contributed by atoms with Crippen molar-refractivity contribution in [3.8, 4) is 0 Å². The summed E-state index contributed by atoms with van der Waals surface area (Å²) in [5.74, 6) is 0. The summed E-state index contributed by atoms with van der Waals surface area (Å²) in [4.78, 5) is 10.0. The van der Waals surface area contributed by atoms with Gasteiger partial charge in [0.05, 0.1) is 5.56 Å². The predicted molar refractivity (Wildman–Crippen MR) is 77.3 cm³/mol. The molecule has 0 radical (unpaired) electrons. The second-order valence-corrected chi connectivity index (χ2v) is 5.94. The van der Waals surface area contributed by atoms with E-state index in [-0.39, 0.29) is 0 Å². The molecule has 0 spiro atoms. The van der Waals surface area contributed by atoms with Crippen LogP contribution < -0.4 is 11.1 Å². The van der Waals surface area contributed by atoms with E-state index in [0.717, 1.165) is 30.2 Å². The average molecular weight is 318 g/mol. The fraction of sp³-hybridized carbons (Fsp3) is 0.533. The molecule has 1 aliphatic rings. The molecule has 0 bridgehead atoms. The number of ether oxygens (including phenoxy) is 1. The van der Waals surface area contributed by atoms with E-state index in [0.29, 0.717) is 6.54 Å². The van der Waals surface area contributed by atoms with Gasteiger partial charge < -0.3 is 15.8 Å². The minimum absolute atomic E-state index is 0.453. The summed E-state index contributed by atoms with van der Waals surface area (Å²) in [5, 5.41) is 3.05. The molecule has 0 fully saturated rings. The number of fused-ring (bicyclic) bond motifs is 1. The molecule has 0 aromatic heterocycles. The minimum Gasteiger partial charge on any atom is -0.444 e. The molecule has 2 rings (SSSR count). The maximum Gasteiger partial charge on any atom is 0.416 e. The van der Waals surface area contributed by atoms with E-state index in [9.17, 15) is 18.0 Å². The van der Waals surface area contributed by atoms with Gasteiger partial charge in [-0.05, 0) is 57.0 Å². The molecule has 1 aromatic carbocycles. The topological polar surface area (TPSA) is 64.3 Å². The Hall–Kier alpha value is -1.76. The molecular weight excluding hydrogens is 297 g/mol. The molecule has 1 aromatic rings. The number of hydrogen-bond donors (Lipinski definition) is 2. The van der Waals surface area contributed by atoms with Gasteiger partial charge in [0.25, 0.3) is 0 Å². The number of alkyl halides is 3. The van der Waals surface area contributed by atoms with Gasteiger partial charge in [-0.2, -0.15) is 13.2 Å². The first kappa shape index (κ1) is 18.3. The highest BCUT2D eigenvalue weighted by atomic mass is 19.4. The van der Waals surface area contributed by atoms with Crippen LogP contribution in [0.25, 0.3) is 0 Å². The third kappa shape index (κ3) is 6.34. The fourth-order valence-electron chi connectivity index (χ4n) is 1.96. The molecular formula is C15H21F3N2O2. The number of amides is 1. The largest absolute Gasteiger partial charge is 0.444 e. The number of carbonyl (C=O) groups excluding carboxylic acids is 1. The summed E-state index contributed by atoms with van der Waals surface area (Å²) in [6.07, 6.45) is -4.14. The van der Waals surface area contributed by atoms with E-state index in [2.05, 4.69) is 10.1 Å². The Bertz CT molecular complexity index is 522. The van der Waals surface area contributed by atoms with Crippen LogP contribution in [0.3, 0.4) is 0 Å². The molecule has 1 amide bonds. The van der Waals surface area contributed by atoms with Gasteiger partial charge in [-0.1, -0.05) is 6.07 Å². The summed E-state index contributed by atoms with van der Waals surface area (Å²) in [6, 6.07) is 3.98. The second-order valence-electron chi connectivity index (χ2n) is 5.94. The normalized spacial score (nSPS) is 14.5. The van der Waals surface area contributed by atoms with Crippen molar-refractivity contribution in [2.45, 2.75) is 45.5 Å². The Morgan fingerprint density at radius 2 is 1.86 bits per heavy atom. The summed E-state index contributed by atoms with van der Waals surface area (Å²) < 4.78 is 41.6. The maximum atomic E-state index is 12.3. The Labute approximate surface area is 127 Å². The first-order chi connectivity index (χ1) is 9.99. The van der Waals surface area contributed by atoms with Crippen molar-refractivity contribution < 1.29 is 22.7 Å². The maximum absolute atomic E-state index is 12.3. The first-order valence-electron chi connectivity index (χ1n) is 6.87. The molecule has 1 heterocycles. The van der Waals surface area contributed by atoms with Crippen molar-refractivity contribution in [3.05, 3.63) is 34.9 Å². The van der Waals surface area contributed by atoms with Crippen molar-refractivity contribution in [3.63, 3.8) is 0 Å². The van der Waals surface area contributed by atoms with E-state index in [1.54, 1.807) is 26.8 Å². The van der Waals surface area contributed by atoms with Crippen LogP contribution in [-0.4, -0.2) is 18.2 Å². The molecule has 0 atom stereocenters. The van der Waals surface area contributed by atoms with Crippen LogP contribution in [-0.2, 0) is 23.9 Å². The number of halogens is 3. The lowest BCUT2D eigenvalue weighted by atomic mass is 9.98. The van der Waals surface area contributed by atoms with Crippen LogP contribution in [0.2, 0.25) is 0 Å². The van der Waals surface area contributed by atoms with Gasteiger partial charge in [-0.3, -0.25) is 0 Å². The number of rotatable bonds is 0. The lowest BCUT2D eigenvalue weighted by molar-refractivity contribution is -0.137. The molecule has 124 valence electrons. The Kier molecular flexibility index (Phi) is 5.82. The van der Waals surface area contributed by atoms with E-state index in [4.69, 9.17) is 5.73 Å². The van der Waals surface area contributed by atoms with Crippen LogP contribution in [0.15, 0.2) is 18.2 Å². The molecule has 0 saturated carbocycles. The lowest BCUT2D eigenvalue weighted by Crippen LogP contribution is -2.27. The second kappa shape index (κ2) is 7.00. The molecule has 0 unspecified atom stereocenters. The fourth-order valence-corrected chi connectivity index (χ4v) is 1.96. The molecule has 22 heavy (non-hydrogen) atoms. The zero-order valence-electron chi connectivity index (χ0n) is 12.9. The van der Waals surface area contributed by atoms with Gasteiger partial charge in [0.2, 0.25) is 0 Å². The summed E-state index contributed by atoms with van der Waals surface area (Å²) in [6.45, 7) is 6.67. The molecule has 0 aliphatic carbocycles. The van der Waals surface area contributed by atoms with Gasteiger partial charge in [-0.25, -0.2) is 4.79 Å². The number of benzene rings is 1. The van der Waals surface area contributed by atoms with Crippen LogP contribution in [0.5, 0.6) is 0 Å². The van der Waals surface area contributed by atoms with Crippen LogP contribution in [0, 0.1) is 0 Å². The molecule has 4 nitrogen and oxygen atoms in total. The highest BCUT2D eigenvalue weighted by molar-refractivity contribution is 5.65. The van der Waals surface area contributed by atoms with E-state index in [1.807, 2.05) is 0 Å². The van der Waals surface area contributed by atoms with Gasteiger partial charge in [0.15, 0.2) is 0 Å². The molecule has 0 saturated heterocycles. The number of nitrogens with two attached hydrogens (primary N) is 1. The number of hydrogen-bond acceptors (Lipinski definition) is 3. The van der Waals surface area contributed by atoms with E-state index < -0.39 is 23.4 Å². The van der Waals surface area contributed by atoms with Gasteiger partial charge >= 0.3 is 12.3 Å². The quantitative estimate of drug-likeness (QED) is 0.772. The van der Waals surface area contributed by atoms with Crippen LogP contribution >= 0.6 is 0 Å². The summed E-state index contributed by atoms with van der Waals surface area (Å²) in [7, 11) is 0. The van der Waals surface area contributed by atoms with E-state index in [1.165, 1.54) is 6.07 Å². The molecule has 7 heteroatoms. The van der Waals surface area contributed by atoms with Crippen molar-refractivity contribution in [1.82, 2.24) is 5.32 Å². The zero-order valence-corrected chi connectivity index (χ0v) is 12.9. The number of primary amides is 1. The number of carbonyl (C=O) groups is 1. The Morgan fingerprint density at radius 1 is 1.23 bits per heavy atom. The average Bonchev–Trinajstić information content (AvgIpc) is 2.35. The monoisotopic (exact) mass is 318 g/mol. The smallest absolute Gasteiger partial charge is 0.416 e. The predicted octanol–water partition coefficient (Wildman–Crippen LogP) is 3.23. The minimum atomic E-state index is -4.23. The standard InChI is InChI=1S/C10H10F3N.C5H11NO2/c11-10(12,13)9-2-1-7-3-4-14-6-8(7)5-9;1-5(2,3)8-4(6)7/h1-2,5,14H,3-4,6H2;1-3H3,(H2,6,7). The highest BCUT2D eigenvalue weighted by Gasteiger charge is 2.31. The van der Waals surface area contributed by atoms with Crippen molar-refractivity contribution in [2.24, 2.45) is 5.73 Å². The Morgan fingerprint density at radius 3 is 2.32 bits per heavy atom. The number of nitrogens with one attached hydrogen (secondary N) is 1. The molecule has 3 N–H and O–H groups in total. The van der Waals surface area contributed by atoms with Gasteiger partial charge in [-0.15, -0.1) is 0 Å². The highest BCUT2D eigenvalue weighted by Crippen LogP contribution is 2.31. The third-order valence-electron chi connectivity index (χ3n) is 2.83. The summed E-state index contributed by atoms with van der Waals surface area (Å²) >= 11 is 0. The van der Waals surface area contributed by atoms with Crippen molar-refractivity contribution >= 4 is 6.09 Å². The summed E-state index contributed by atoms with van der Waals surface area (Å²) in [5.41, 5.74) is 5.50. The van der Waals surface area contributed by atoms with Crippen molar-refractivity contribution in [1.29, 1.82) is 0 Å². The molecule has 1 aliphatic heterocycles. The van der Waals surface area contributed by atoms with Gasteiger partial charge in [0.1, 0.15) is 5.60 Å². The van der Waals surface area contributed by atoms with Gasteiger partial charge in [0, 0.05) is 6.54 Å². The van der Waals surface area contributed by atoms with E-state index >= 15 is 0 Å². The first-order valence-corrected chi connectivity index (χ1v) is 6.87. The SMILES string of the molecule is CC(C)(C)OC(N)=O.FC(F)(F)c1ccc2c(c1)CNCC2. The van der Waals surface area contributed by atoms with Crippen LogP contribution in [0.1, 0.15) is 37.5 Å². The van der Waals surface area contributed by atoms with Crippen LogP contribution in [0.4, 0.5) is 18.0 Å².